The zero-order valence-corrected chi connectivity index (χ0v) is 26.9. The Hall–Kier alpha value is -5.23. The number of carbonyl (C=O) groups is 1. The lowest BCUT2D eigenvalue weighted by Crippen LogP contribution is -2.42. The van der Waals surface area contributed by atoms with Gasteiger partial charge < -0.3 is 30.2 Å². The molecule has 9 heteroatoms. The molecule has 0 spiro atoms. The van der Waals surface area contributed by atoms with Crippen molar-refractivity contribution in [1.29, 1.82) is 5.26 Å². The maximum Gasteiger partial charge on any atom is 0.410 e. The number of pyridine rings is 1. The van der Waals surface area contributed by atoms with Crippen LogP contribution in [0.4, 0.5) is 16.3 Å². The highest BCUT2D eigenvalue weighted by Gasteiger charge is 2.31. The predicted octanol–water partition coefficient (Wildman–Crippen LogP) is 7.52. The number of likely N-dealkylation sites (tertiary alicyclic amines) is 1. The second-order valence-corrected chi connectivity index (χ2v) is 12.4. The van der Waals surface area contributed by atoms with Gasteiger partial charge in [0.2, 0.25) is 0 Å². The number of amides is 1. The molecule has 0 aliphatic carbocycles. The average molecular weight is 620 g/mol. The molecule has 5 rings (SSSR count). The van der Waals surface area contributed by atoms with E-state index in [-0.39, 0.29) is 17.8 Å². The fraction of sp³-hybridized carbons (Fsp3) is 0.324. The molecule has 4 aromatic rings. The Balaban J connectivity index is 1.52. The first-order chi connectivity index (χ1) is 22.1. The largest absolute Gasteiger partial charge is 0.497 e. The van der Waals surface area contributed by atoms with E-state index >= 15 is 0 Å². The monoisotopic (exact) mass is 619 g/mol. The number of ether oxygens (including phenoxy) is 3. The van der Waals surface area contributed by atoms with Crippen molar-refractivity contribution in [3.63, 3.8) is 0 Å². The summed E-state index contributed by atoms with van der Waals surface area (Å²) in [6, 6.07) is 27.9. The number of nitrogen functional groups attached to an aromatic ring is 1. The Labute approximate surface area is 270 Å². The van der Waals surface area contributed by atoms with Gasteiger partial charge in [-0.05, 0) is 80.6 Å². The second-order valence-electron chi connectivity index (χ2n) is 12.4. The van der Waals surface area contributed by atoms with Gasteiger partial charge >= 0.3 is 6.09 Å². The summed E-state index contributed by atoms with van der Waals surface area (Å²) >= 11 is 0. The van der Waals surface area contributed by atoms with E-state index in [9.17, 15) is 10.1 Å². The van der Waals surface area contributed by atoms with Crippen LogP contribution in [0.15, 0.2) is 78.9 Å². The van der Waals surface area contributed by atoms with E-state index in [0.717, 1.165) is 46.5 Å². The molecule has 3 aromatic carbocycles. The Kier molecular flexibility index (Phi) is 9.97. The number of benzene rings is 3. The van der Waals surface area contributed by atoms with Gasteiger partial charge in [-0.15, -0.1) is 0 Å². The van der Waals surface area contributed by atoms with Gasteiger partial charge in [0.05, 0.1) is 23.9 Å². The SMILES string of the molecule is COc1ccc(COc2cccc(NCc3ccccc3)c2-c2cc(C3CCCN(C(=O)OC(C)(C)C)C3)c(C#N)c(N)n2)cc1. The summed E-state index contributed by atoms with van der Waals surface area (Å²) in [6.07, 6.45) is 1.21. The predicted molar refractivity (Wildman–Crippen MR) is 180 cm³/mol. The van der Waals surface area contributed by atoms with Gasteiger partial charge in [0.25, 0.3) is 0 Å². The molecule has 1 atom stereocenters. The average Bonchev–Trinajstić information content (AvgIpc) is 3.06. The number of nitrogens with zero attached hydrogens (tertiary/aromatic N) is 3. The summed E-state index contributed by atoms with van der Waals surface area (Å²) in [5, 5.41) is 13.7. The quantitative estimate of drug-likeness (QED) is 0.197. The van der Waals surface area contributed by atoms with Crippen molar-refractivity contribution >= 4 is 17.6 Å². The molecule has 1 unspecified atom stereocenters. The Morgan fingerprint density at radius 1 is 1.07 bits per heavy atom. The van der Waals surface area contributed by atoms with Crippen molar-refractivity contribution in [3.8, 4) is 28.8 Å². The van der Waals surface area contributed by atoms with Crippen LogP contribution in [-0.4, -0.2) is 41.8 Å². The number of nitrogens with two attached hydrogens (primary N) is 1. The van der Waals surface area contributed by atoms with Crippen molar-refractivity contribution in [1.82, 2.24) is 9.88 Å². The van der Waals surface area contributed by atoms with E-state index in [0.29, 0.717) is 43.2 Å². The minimum absolute atomic E-state index is 0.118. The van der Waals surface area contributed by atoms with Gasteiger partial charge in [-0.1, -0.05) is 48.5 Å². The number of aromatic nitrogens is 1. The lowest BCUT2D eigenvalue weighted by Gasteiger charge is -2.34. The van der Waals surface area contributed by atoms with E-state index in [1.165, 1.54) is 0 Å². The lowest BCUT2D eigenvalue weighted by atomic mass is 9.87. The molecule has 238 valence electrons. The molecule has 1 amide bonds. The number of methoxy groups -OCH3 is 1. The zero-order chi connectivity index (χ0) is 32.7. The third-order valence-corrected chi connectivity index (χ3v) is 7.86. The maximum atomic E-state index is 13.0. The molecule has 1 aliphatic heterocycles. The summed E-state index contributed by atoms with van der Waals surface area (Å²) < 4.78 is 17.4. The van der Waals surface area contributed by atoms with Gasteiger partial charge in [0.1, 0.15) is 35.6 Å². The number of nitriles is 1. The smallest absolute Gasteiger partial charge is 0.410 e. The van der Waals surface area contributed by atoms with Gasteiger partial charge in [0, 0.05) is 31.2 Å². The number of nitrogens with one attached hydrogen (secondary N) is 1. The van der Waals surface area contributed by atoms with Gasteiger partial charge in [0.15, 0.2) is 0 Å². The summed E-state index contributed by atoms with van der Waals surface area (Å²) in [4.78, 5) is 19.4. The van der Waals surface area contributed by atoms with Crippen LogP contribution in [0.1, 0.15) is 61.8 Å². The number of hydrogen-bond donors (Lipinski definition) is 2. The van der Waals surface area contributed by atoms with Crippen molar-refractivity contribution in [2.75, 3.05) is 31.2 Å². The minimum Gasteiger partial charge on any atom is -0.497 e. The molecule has 0 bridgehead atoms. The molecular formula is C37H41N5O4. The summed E-state index contributed by atoms with van der Waals surface area (Å²) in [7, 11) is 1.64. The molecule has 2 heterocycles. The number of rotatable bonds is 9. The van der Waals surface area contributed by atoms with Crippen LogP contribution in [0.2, 0.25) is 0 Å². The molecule has 9 nitrogen and oxygen atoms in total. The molecular weight excluding hydrogens is 578 g/mol. The molecule has 3 N–H and O–H groups in total. The second kappa shape index (κ2) is 14.2. The highest BCUT2D eigenvalue weighted by Crippen LogP contribution is 2.41. The van der Waals surface area contributed by atoms with Crippen molar-refractivity contribution in [3.05, 3.63) is 101 Å². The molecule has 1 aliphatic rings. The van der Waals surface area contributed by atoms with Crippen molar-refractivity contribution in [2.45, 2.75) is 58.3 Å². The molecule has 1 fully saturated rings. The maximum absolute atomic E-state index is 13.0. The van der Waals surface area contributed by atoms with E-state index in [1.807, 2.05) is 87.5 Å². The van der Waals surface area contributed by atoms with Crippen LogP contribution < -0.4 is 20.5 Å². The fourth-order valence-corrected chi connectivity index (χ4v) is 5.62. The fourth-order valence-electron chi connectivity index (χ4n) is 5.62. The molecule has 1 aromatic heterocycles. The van der Waals surface area contributed by atoms with Gasteiger partial charge in [-0.3, -0.25) is 0 Å². The van der Waals surface area contributed by atoms with Gasteiger partial charge in [-0.25, -0.2) is 9.78 Å². The van der Waals surface area contributed by atoms with Crippen LogP contribution in [-0.2, 0) is 17.9 Å². The molecule has 0 radical (unpaired) electrons. The van der Waals surface area contributed by atoms with E-state index in [2.05, 4.69) is 23.5 Å². The highest BCUT2D eigenvalue weighted by molar-refractivity contribution is 5.83. The highest BCUT2D eigenvalue weighted by atomic mass is 16.6. The van der Waals surface area contributed by atoms with Crippen LogP contribution >= 0.6 is 0 Å². The molecule has 46 heavy (non-hydrogen) atoms. The van der Waals surface area contributed by atoms with Gasteiger partial charge in [-0.2, -0.15) is 5.26 Å². The Morgan fingerprint density at radius 3 is 2.52 bits per heavy atom. The van der Waals surface area contributed by atoms with Crippen LogP contribution in [0, 0.1) is 11.3 Å². The first kappa shape index (κ1) is 32.2. The number of hydrogen-bond acceptors (Lipinski definition) is 8. The molecule has 0 saturated carbocycles. The van der Waals surface area contributed by atoms with Crippen LogP contribution in [0.5, 0.6) is 11.5 Å². The summed E-state index contributed by atoms with van der Waals surface area (Å²) in [5.41, 5.74) is 11.2. The molecule has 1 saturated heterocycles. The first-order valence-electron chi connectivity index (χ1n) is 15.5. The number of piperidine rings is 1. The summed E-state index contributed by atoms with van der Waals surface area (Å²) in [6.45, 7) is 7.49. The third-order valence-electron chi connectivity index (χ3n) is 7.86. The zero-order valence-electron chi connectivity index (χ0n) is 26.9. The van der Waals surface area contributed by atoms with Crippen molar-refractivity contribution < 1.29 is 19.0 Å². The Bertz CT molecular complexity index is 1690. The standard InChI is InChI=1S/C37H41N5O4/c1-37(2,3)46-36(43)42-19-9-12-27(23-42)29-20-32(41-35(39)30(29)21-38)34-31(40-22-25-10-6-5-7-11-25)13-8-14-33(34)45-24-26-15-17-28(44-4)18-16-26/h5-8,10-11,13-18,20,27,40H,9,12,19,22-24H2,1-4H3,(H2,39,41). The lowest BCUT2D eigenvalue weighted by molar-refractivity contribution is 0.0198. The van der Waals surface area contributed by atoms with E-state index in [1.54, 1.807) is 12.0 Å². The first-order valence-corrected chi connectivity index (χ1v) is 15.5. The van der Waals surface area contributed by atoms with E-state index < -0.39 is 5.60 Å². The van der Waals surface area contributed by atoms with E-state index in [4.69, 9.17) is 24.9 Å². The topological polar surface area (TPSA) is 123 Å². The third kappa shape index (κ3) is 7.88. The number of anilines is 2. The normalized spacial score (nSPS) is 14.7. The Morgan fingerprint density at radius 2 is 1.83 bits per heavy atom. The summed E-state index contributed by atoms with van der Waals surface area (Å²) in [5.74, 6) is 1.42. The van der Waals surface area contributed by atoms with Crippen LogP contribution in [0.3, 0.4) is 0 Å². The van der Waals surface area contributed by atoms with Crippen molar-refractivity contribution in [2.24, 2.45) is 0 Å². The van der Waals surface area contributed by atoms with Crippen LogP contribution in [0.25, 0.3) is 11.3 Å². The number of carbonyl (C=O) groups excluding carboxylic acids is 1. The minimum atomic E-state index is -0.602.